The molecule has 0 radical (unpaired) electrons. The fraction of sp³-hybridized carbons (Fsp3) is 0.418. The molecule has 1 unspecified atom stereocenters. The van der Waals surface area contributed by atoms with Crippen molar-refractivity contribution in [3.8, 4) is 22.9 Å². The predicted octanol–water partition coefficient (Wildman–Crippen LogP) is 1.88. The molecule has 492 valence electrons. The number of para-hydroxylation sites is 1. The minimum absolute atomic E-state index is 0.0223. The summed E-state index contributed by atoms with van der Waals surface area (Å²) in [7, 11) is 0. The number of aryl methyl sites for hydroxylation is 1. The van der Waals surface area contributed by atoms with Crippen LogP contribution in [0.1, 0.15) is 90.9 Å². The number of carbonyl (C=O) groups excluding carboxylic acids is 10. The molecule has 27 nitrogen and oxygen atoms in total. The van der Waals surface area contributed by atoms with Gasteiger partial charge in [0.25, 0.3) is 17.7 Å². The number of piperazine rings is 1. The van der Waals surface area contributed by atoms with E-state index < -0.39 is 83.9 Å². The summed E-state index contributed by atoms with van der Waals surface area (Å²) >= 11 is 0. The highest BCUT2D eigenvalue weighted by Gasteiger charge is 2.51. The van der Waals surface area contributed by atoms with Crippen molar-refractivity contribution in [3.05, 3.63) is 131 Å². The number of aromatic nitrogens is 3. The van der Waals surface area contributed by atoms with Gasteiger partial charge in [-0.3, -0.25) is 63.1 Å². The molecular weight excluding hydrogens is 1210 g/mol. The van der Waals surface area contributed by atoms with Crippen LogP contribution in [-0.2, 0) is 62.7 Å². The van der Waals surface area contributed by atoms with Gasteiger partial charge in [-0.05, 0) is 85.7 Å². The first-order valence-corrected chi connectivity index (χ1v) is 31.8. The number of phenolic OH excluding ortho intramolecular Hbond substituents is 1. The molecule has 94 heavy (non-hydrogen) atoms. The largest absolute Gasteiger partial charge is 0.507 e. The van der Waals surface area contributed by atoms with Gasteiger partial charge in [0.15, 0.2) is 5.82 Å². The van der Waals surface area contributed by atoms with Gasteiger partial charge in [-0.25, -0.2) is 4.98 Å². The van der Waals surface area contributed by atoms with E-state index in [-0.39, 0.29) is 62.6 Å². The highest BCUT2D eigenvalue weighted by molar-refractivity contribution is 6.13. The molecular formula is C67H77N15O12. The Labute approximate surface area is 542 Å². The van der Waals surface area contributed by atoms with E-state index in [2.05, 4.69) is 59.4 Å². The molecule has 11 rings (SSSR count). The van der Waals surface area contributed by atoms with Gasteiger partial charge < -0.3 is 56.4 Å². The lowest BCUT2D eigenvalue weighted by Crippen LogP contribution is -2.58. The maximum atomic E-state index is 13.9. The Bertz CT molecular complexity index is 3790. The monoisotopic (exact) mass is 1280 g/mol. The second-order valence-corrected chi connectivity index (χ2v) is 24.8. The van der Waals surface area contributed by atoms with E-state index in [1.54, 1.807) is 59.5 Å². The third-order valence-electron chi connectivity index (χ3n) is 18.4. The molecule has 6 aliphatic rings. The molecule has 6 aliphatic heterocycles. The normalized spacial score (nSPS) is 19.9. The number of amides is 10. The van der Waals surface area contributed by atoms with E-state index in [0.29, 0.717) is 92.4 Å². The predicted molar refractivity (Wildman–Crippen MR) is 343 cm³/mol. The minimum atomic E-state index is -1.16. The first-order valence-electron chi connectivity index (χ1n) is 31.8. The van der Waals surface area contributed by atoms with Crippen LogP contribution >= 0.6 is 0 Å². The molecule has 0 bridgehead atoms. The zero-order chi connectivity index (χ0) is 66.2. The van der Waals surface area contributed by atoms with Crippen LogP contribution in [0.15, 0.2) is 103 Å². The number of imide groups is 2. The summed E-state index contributed by atoms with van der Waals surface area (Å²) in [6.45, 7) is 8.19. The van der Waals surface area contributed by atoms with Crippen LogP contribution in [0.25, 0.3) is 11.3 Å². The van der Waals surface area contributed by atoms with E-state index >= 15 is 0 Å². The molecule has 8 N–H and O–H groups in total. The van der Waals surface area contributed by atoms with Crippen molar-refractivity contribution in [1.82, 2.24) is 56.5 Å². The number of piperidine rings is 1. The average molecular weight is 1280 g/mol. The molecule has 3 fully saturated rings. The number of fused-ring (bicyclic) bond motifs is 4. The average Bonchev–Trinajstić information content (AvgIpc) is 1.49. The van der Waals surface area contributed by atoms with Crippen molar-refractivity contribution in [2.45, 2.75) is 108 Å². The van der Waals surface area contributed by atoms with Gasteiger partial charge in [-0.2, -0.15) is 0 Å². The van der Waals surface area contributed by atoms with Gasteiger partial charge in [0.2, 0.25) is 47.2 Å². The van der Waals surface area contributed by atoms with Crippen LogP contribution in [0.3, 0.4) is 0 Å². The molecule has 3 aromatic carbocycles. The van der Waals surface area contributed by atoms with Crippen LogP contribution in [0, 0.1) is 12.8 Å². The number of aromatic hydroxyl groups is 1. The SMILES string of the molecule is CC[C@@]12C[C@@H](Oc3ncc(CN4CCN(c5ccc6c(c5)C(=O)N([C@H]5CCC(=O)NC5=O)C6)CC4)cc3C)CN1c1cc(-c3ccccc3O)nnc1N(CNC(=O)CNC(=O)[C@H](Cc1ccccc1)NC(=O)CNC(=O)CC(CCCCN1C(=O)C=CC1=O)C(N)=O)C2. The Morgan fingerprint density at radius 2 is 1.59 bits per heavy atom. The topological polar surface area (TPSA) is 344 Å². The van der Waals surface area contributed by atoms with Gasteiger partial charge in [0.1, 0.15) is 23.9 Å². The molecule has 3 saturated heterocycles. The summed E-state index contributed by atoms with van der Waals surface area (Å²) in [5.74, 6) is -4.84. The van der Waals surface area contributed by atoms with Crippen LogP contribution in [0.4, 0.5) is 17.2 Å². The number of phenols is 1. The van der Waals surface area contributed by atoms with Crippen molar-refractivity contribution in [2.75, 3.05) is 80.3 Å². The lowest BCUT2D eigenvalue weighted by atomic mass is 9.89. The maximum absolute atomic E-state index is 13.9. The number of nitrogens with two attached hydrogens (primary N) is 1. The van der Waals surface area contributed by atoms with Crippen LogP contribution in [0.5, 0.6) is 11.6 Å². The Hall–Kier alpha value is -10.3. The fourth-order valence-corrected chi connectivity index (χ4v) is 13.3. The van der Waals surface area contributed by atoms with Crippen LogP contribution in [0.2, 0.25) is 0 Å². The van der Waals surface area contributed by atoms with Crippen LogP contribution in [-0.4, -0.2) is 183 Å². The Balaban J connectivity index is 0.687. The number of nitrogens with one attached hydrogen (secondary N) is 5. The second kappa shape index (κ2) is 28.7. The molecule has 10 amide bonds. The molecule has 5 atom stereocenters. The number of benzene rings is 3. The number of ether oxygens (including phenoxy) is 1. The summed E-state index contributed by atoms with van der Waals surface area (Å²) in [5.41, 5.74) is 11.8. The second-order valence-electron chi connectivity index (χ2n) is 24.8. The Kier molecular flexibility index (Phi) is 19.9. The maximum Gasteiger partial charge on any atom is 0.255 e. The number of nitrogens with zero attached hydrogens (tertiary/aromatic N) is 9. The molecule has 5 aromatic rings. The van der Waals surface area contributed by atoms with E-state index in [9.17, 15) is 53.1 Å². The van der Waals surface area contributed by atoms with E-state index in [0.717, 1.165) is 59.1 Å². The van der Waals surface area contributed by atoms with Gasteiger partial charge in [0.05, 0.1) is 43.2 Å². The standard InChI is InChI=1S/C67H77N15O12/c1-3-67-32-47(94-65-41(2)27-43(33-71-65)36-77-23-25-78(26-24-77)46-17-16-45-37-81(66(93)49(45)30-46)52-18-19-55(84)74-64(52)92)38-82(67)53-31-50(48-14-7-8-15-54(48)83)75-76-62(53)79(39-67)40-72-57(86)34-70-63(91)51(28-42-11-5-4-6-12-42)73-58(87)35-69-56(85)29-44(61(68)90)13-9-10-22-80-59(88)20-21-60(80)89/h4-8,11-12,14-17,20-21,27,30-31,33,44,47,51-52,83H,3,9-10,13,18-19,22-26,28-29,32,34-40H2,1-2H3,(H2,68,90)(H,69,85)(H,70,91)(H,72,86)(H,73,87)(H,74,84,92)/t44?,47-,51+,52+,67+/m1/s1. The zero-order valence-electron chi connectivity index (χ0n) is 52.5. The smallest absolute Gasteiger partial charge is 0.255 e. The molecule has 0 aliphatic carbocycles. The van der Waals surface area contributed by atoms with Crippen molar-refractivity contribution in [3.63, 3.8) is 0 Å². The molecule has 0 saturated carbocycles. The van der Waals surface area contributed by atoms with Gasteiger partial charge in [-0.15, -0.1) is 10.2 Å². The summed E-state index contributed by atoms with van der Waals surface area (Å²) in [5, 5.41) is 33.3. The lowest BCUT2D eigenvalue weighted by molar-refractivity contribution is -0.138. The van der Waals surface area contributed by atoms with Crippen molar-refractivity contribution in [2.24, 2.45) is 11.7 Å². The minimum Gasteiger partial charge on any atom is -0.507 e. The van der Waals surface area contributed by atoms with Crippen molar-refractivity contribution >= 4 is 76.3 Å². The number of anilines is 3. The number of hydrogen-bond acceptors (Lipinski definition) is 19. The number of hydrogen-bond donors (Lipinski definition) is 7. The van der Waals surface area contributed by atoms with Gasteiger partial charge in [0, 0.05) is 125 Å². The molecule has 0 spiro atoms. The van der Waals surface area contributed by atoms with Gasteiger partial charge in [-0.1, -0.05) is 61.9 Å². The van der Waals surface area contributed by atoms with E-state index in [1.807, 2.05) is 42.3 Å². The Morgan fingerprint density at radius 1 is 0.830 bits per heavy atom. The number of pyridine rings is 1. The molecule has 2 aromatic heterocycles. The first-order chi connectivity index (χ1) is 45.3. The number of carbonyl (C=O) groups is 10. The molecule has 27 heteroatoms. The van der Waals surface area contributed by atoms with E-state index in [1.165, 1.54) is 12.2 Å². The first kappa shape index (κ1) is 65.2. The number of primary amides is 1. The summed E-state index contributed by atoms with van der Waals surface area (Å²) < 4.78 is 6.80. The fourth-order valence-electron chi connectivity index (χ4n) is 13.3. The zero-order valence-corrected chi connectivity index (χ0v) is 52.5. The summed E-state index contributed by atoms with van der Waals surface area (Å²) in [6.07, 6.45) is 6.44. The highest BCUT2D eigenvalue weighted by atomic mass is 16.5. The van der Waals surface area contributed by atoms with Crippen molar-refractivity contribution in [1.29, 1.82) is 0 Å². The third-order valence-corrected chi connectivity index (χ3v) is 18.4. The quantitative estimate of drug-likeness (QED) is 0.0307. The van der Waals surface area contributed by atoms with Gasteiger partial charge >= 0.3 is 0 Å². The lowest BCUT2D eigenvalue weighted by Gasteiger charge is -2.48. The number of unbranched alkanes of at least 4 members (excludes halogenated alkanes) is 1. The van der Waals surface area contributed by atoms with E-state index in [4.69, 9.17) is 20.6 Å². The highest BCUT2D eigenvalue weighted by Crippen LogP contribution is 2.47. The van der Waals surface area contributed by atoms with Crippen molar-refractivity contribution < 1.29 is 57.8 Å². The number of rotatable bonds is 26. The molecule has 8 heterocycles. The third kappa shape index (κ3) is 14.9. The summed E-state index contributed by atoms with van der Waals surface area (Å²) in [4.78, 5) is 144. The van der Waals surface area contributed by atoms with Crippen LogP contribution < -0.4 is 51.8 Å². The summed E-state index contributed by atoms with van der Waals surface area (Å²) in [6, 6.07) is 23.9. The Morgan fingerprint density at radius 3 is 2.32 bits per heavy atom.